The number of hydrogen-bond acceptors (Lipinski definition) is 4. The molecule has 2 rings (SSSR count). The molecule has 2 aromatic rings. The predicted molar refractivity (Wildman–Crippen MR) is 76.0 cm³/mol. The second-order valence-corrected chi connectivity index (χ2v) is 4.70. The molecule has 0 spiro atoms. The molecule has 124 valence electrons. The van der Waals surface area contributed by atoms with Gasteiger partial charge in [0.1, 0.15) is 18.2 Å². The molecule has 23 heavy (non-hydrogen) atoms. The van der Waals surface area contributed by atoms with Crippen LogP contribution in [0.5, 0.6) is 17.2 Å². The van der Waals surface area contributed by atoms with Crippen LogP contribution in [0.15, 0.2) is 30.3 Å². The Morgan fingerprint density at radius 1 is 0.957 bits per heavy atom. The largest absolute Gasteiger partial charge is 0.504 e. The van der Waals surface area contributed by atoms with Gasteiger partial charge < -0.3 is 19.7 Å². The van der Waals surface area contributed by atoms with E-state index in [1.807, 2.05) is 0 Å². The first-order valence-corrected chi connectivity index (χ1v) is 6.84. The highest BCUT2D eigenvalue weighted by Gasteiger charge is 2.14. The molecule has 0 atom stereocenters. The van der Waals surface area contributed by atoms with Gasteiger partial charge in [-0.05, 0) is 18.2 Å². The summed E-state index contributed by atoms with van der Waals surface area (Å²) in [4.78, 5) is 0. The molecular weight excluding hydrogens is 313 g/mol. The second kappa shape index (κ2) is 7.73. The van der Waals surface area contributed by atoms with E-state index >= 15 is 0 Å². The summed E-state index contributed by atoms with van der Waals surface area (Å²) in [5.74, 6) is -2.99. The van der Waals surface area contributed by atoms with Crippen LogP contribution in [0.4, 0.5) is 13.2 Å². The van der Waals surface area contributed by atoms with Crippen molar-refractivity contribution in [1.29, 1.82) is 0 Å². The fourth-order valence-corrected chi connectivity index (χ4v) is 1.89. The van der Waals surface area contributed by atoms with Gasteiger partial charge in [-0.3, -0.25) is 0 Å². The van der Waals surface area contributed by atoms with E-state index in [1.165, 1.54) is 6.07 Å². The Morgan fingerprint density at radius 3 is 2.43 bits per heavy atom. The van der Waals surface area contributed by atoms with E-state index < -0.39 is 23.2 Å². The molecular formula is C16H15F3O4. The van der Waals surface area contributed by atoms with Crippen LogP contribution in [0.1, 0.15) is 12.0 Å². The van der Waals surface area contributed by atoms with Gasteiger partial charge >= 0.3 is 0 Å². The number of rotatable bonds is 7. The van der Waals surface area contributed by atoms with Crippen LogP contribution in [-0.2, 0) is 6.61 Å². The van der Waals surface area contributed by atoms with E-state index in [4.69, 9.17) is 14.6 Å². The van der Waals surface area contributed by atoms with Crippen LogP contribution in [-0.4, -0.2) is 23.4 Å². The highest BCUT2D eigenvalue weighted by Crippen LogP contribution is 2.30. The fourth-order valence-electron chi connectivity index (χ4n) is 1.89. The lowest BCUT2D eigenvalue weighted by Gasteiger charge is -2.14. The van der Waals surface area contributed by atoms with Gasteiger partial charge in [-0.1, -0.05) is 0 Å². The van der Waals surface area contributed by atoms with Gasteiger partial charge in [0.05, 0.1) is 6.61 Å². The number of ether oxygens (including phenoxy) is 2. The molecule has 0 bridgehead atoms. The van der Waals surface area contributed by atoms with Gasteiger partial charge in [0, 0.05) is 30.7 Å². The van der Waals surface area contributed by atoms with Crippen molar-refractivity contribution in [2.75, 3.05) is 13.2 Å². The topological polar surface area (TPSA) is 58.9 Å². The monoisotopic (exact) mass is 328 g/mol. The van der Waals surface area contributed by atoms with E-state index in [-0.39, 0.29) is 43.3 Å². The van der Waals surface area contributed by atoms with E-state index in [1.54, 1.807) is 0 Å². The third-order valence-corrected chi connectivity index (χ3v) is 2.94. The molecule has 0 aliphatic carbocycles. The van der Waals surface area contributed by atoms with E-state index in [2.05, 4.69) is 0 Å². The van der Waals surface area contributed by atoms with Gasteiger partial charge in [0.15, 0.2) is 23.1 Å². The number of aliphatic hydroxyl groups excluding tert-OH is 1. The molecule has 0 aliphatic heterocycles. The predicted octanol–water partition coefficient (Wildman–Crippen LogP) is 3.15. The van der Waals surface area contributed by atoms with Gasteiger partial charge in [-0.2, -0.15) is 0 Å². The Morgan fingerprint density at radius 2 is 1.74 bits per heavy atom. The first kappa shape index (κ1) is 17.0. The number of hydrogen-bond donors (Lipinski definition) is 2. The molecule has 0 unspecified atom stereocenters. The van der Waals surface area contributed by atoms with Crippen LogP contribution in [0.25, 0.3) is 0 Å². The van der Waals surface area contributed by atoms with Crippen molar-refractivity contribution in [3.05, 3.63) is 53.3 Å². The van der Waals surface area contributed by atoms with Gasteiger partial charge in [0.2, 0.25) is 0 Å². The SMILES string of the molecule is OCCCOc1c(F)cc(F)cc1COc1ccc(F)cc1O. The van der Waals surface area contributed by atoms with Crippen LogP contribution in [0.2, 0.25) is 0 Å². The number of phenolic OH excluding ortho intramolecular Hbond substituents is 1. The van der Waals surface area contributed by atoms with Crippen molar-refractivity contribution in [3.63, 3.8) is 0 Å². The molecule has 0 aliphatic rings. The highest BCUT2D eigenvalue weighted by atomic mass is 19.1. The van der Waals surface area contributed by atoms with Crippen molar-refractivity contribution in [3.8, 4) is 17.2 Å². The minimum atomic E-state index is -0.898. The lowest BCUT2D eigenvalue weighted by atomic mass is 10.2. The second-order valence-electron chi connectivity index (χ2n) is 4.70. The van der Waals surface area contributed by atoms with Crippen molar-refractivity contribution in [1.82, 2.24) is 0 Å². The quantitative estimate of drug-likeness (QED) is 0.767. The number of aliphatic hydroxyl groups is 1. The normalized spacial score (nSPS) is 10.6. The van der Waals surface area contributed by atoms with Crippen molar-refractivity contribution in [2.45, 2.75) is 13.0 Å². The smallest absolute Gasteiger partial charge is 0.168 e. The summed E-state index contributed by atoms with van der Waals surface area (Å²) < 4.78 is 50.5. The number of aromatic hydroxyl groups is 1. The van der Waals surface area contributed by atoms with E-state index in [0.717, 1.165) is 18.2 Å². The molecule has 0 saturated carbocycles. The summed E-state index contributed by atoms with van der Waals surface area (Å²) in [6, 6.07) is 4.86. The summed E-state index contributed by atoms with van der Waals surface area (Å²) in [5.41, 5.74) is 0.0872. The first-order chi connectivity index (χ1) is 11.0. The Balaban J connectivity index is 2.17. The summed E-state index contributed by atoms with van der Waals surface area (Å²) >= 11 is 0. The van der Waals surface area contributed by atoms with Crippen LogP contribution in [0, 0.1) is 17.5 Å². The van der Waals surface area contributed by atoms with Gasteiger partial charge in [-0.25, -0.2) is 13.2 Å². The summed E-state index contributed by atoms with van der Waals surface area (Å²) in [6.45, 7) is -0.367. The summed E-state index contributed by atoms with van der Waals surface area (Å²) in [5, 5.41) is 18.3. The van der Waals surface area contributed by atoms with Crippen LogP contribution >= 0.6 is 0 Å². The summed E-state index contributed by atoms with van der Waals surface area (Å²) in [7, 11) is 0. The Kier molecular flexibility index (Phi) is 5.70. The van der Waals surface area contributed by atoms with Crippen molar-refractivity contribution in [2.24, 2.45) is 0 Å². The first-order valence-electron chi connectivity index (χ1n) is 6.84. The average molecular weight is 328 g/mol. The molecule has 4 nitrogen and oxygen atoms in total. The molecule has 0 saturated heterocycles. The molecule has 0 aromatic heterocycles. The zero-order valence-electron chi connectivity index (χ0n) is 12.1. The Labute approximate surface area is 130 Å². The summed E-state index contributed by atoms with van der Waals surface area (Å²) in [6.07, 6.45) is 0.288. The maximum absolute atomic E-state index is 13.8. The van der Waals surface area contributed by atoms with Gasteiger partial charge in [-0.15, -0.1) is 0 Å². The molecule has 7 heteroatoms. The Bertz CT molecular complexity index is 677. The van der Waals surface area contributed by atoms with Crippen molar-refractivity contribution >= 4 is 0 Å². The van der Waals surface area contributed by atoms with Crippen LogP contribution in [0.3, 0.4) is 0 Å². The molecule has 2 N–H and O–H groups in total. The maximum Gasteiger partial charge on any atom is 0.168 e. The Hall–Kier alpha value is -2.41. The lowest BCUT2D eigenvalue weighted by molar-refractivity contribution is 0.221. The third kappa shape index (κ3) is 4.53. The van der Waals surface area contributed by atoms with Gasteiger partial charge in [0.25, 0.3) is 0 Å². The van der Waals surface area contributed by atoms with Crippen molar-refractivity contribution < 1.29 is 32.9 Å². The molecule has 0 fully saturated rings. The third-order valence-electron chi connectivity index (χ3n) is 2.94. The zero-order valence-corrected chi connectivity index (χ0v) is 12.1. The number of benzene rings is 2. The zero-order chi connectivity index (χ0) is 16.8. The standard InChI is InChI=1S/C16H15F3O4/c17-11-2-3-15(14(21)8-11)23-9-10-6-12(18)7-13(19)16(10)22-5-1-4-20/h2-3,6-8,20-21H,1,4-5,9H2. The lowest BCUT2D eigenvalue weighted by Crippen LogP contribution is -2.07. The molecule has 0 amide bonds. The van der Waals surface area contributed by atoms with E-state index in [0.29, 0.717) is 6.07 Å². The maximum atomic E-state index is 13.8. The number of phenols is 1. The molecule has 0 heterocycles. The minimum absolute atomic E-state index is 0.0302. The fraction of sp³-hybridized carbons (Fsp3) is 0.250. The van der Waals surface area contributed by atoms with E-state index in [9.17, 15) is 18.3 Å². The molecule has 0 radical (unpaired) electrons. The minimum Gasteiger partial charge on any atom is -0.504 e. The highest BCUT2D eigenvalue weighted by molar-refractivity contribution is 5.40. The number of halogens is 3. The molecule has 2 aromatic carbocycles. The average Bonchev–Trinajstić information content (AvgIpc) is 2.48. The van der Waals surface area contributed by atoms with Crippen LogP contribution < -0.4 is 9.47 Å².